The molecule has 0 aliphatic heterocycles. The molecular formula is C12H20. The van der Waals surface area contributed by atoms with Gasteiger partial charge in [0.1, 0.15) is 0 Å². The van der Waals surface area contributed by atoms with Gasteiger partial charge in [-0.15, -0.1) is 0 Å². The molecule has 12 heavy (non-hydrogen) atoms. The van der Waals surface area contributed by atoms with E-state index in [1.54, 1.807) is 0 Å². The van der Waals surface area contributed by atoms with Crippen molar-refractivity contribution in [2.45, 2.75) is 40.5 Å². The molecule has 1 aliphatic carbocycles. The Balaban J connectivity index is 2.88. The molecule has 1 aliphatic rings. The van der Waals surface area contributed by atoms with Gasteiger partial charge < -0.3 is 0 Å². The zero-order chi connectivity index (χ0) is 9.30. The van der Waals surface area contributed by atoms with E-state index in [-0.39, 0.29) is 0 Å². The first kappa shape index (κ1) is 9.57. The van der Waals surface area contributed by atoms with Gasteiger partial charge in [-0.3, -0.25) is 0 Å². The van der Waals surface area contributed by atoms with Gasteiger partial charge in [0.25, 0.3) is 0 Å². The Morgan fingerprint density at radius 2 is 1.92 bits per heavy atom. The molecule has 0 amide bonds. The van der Waals surface area contributed by atoms with Crippen LogP contribution in [-0.4, -0.2) is 0 Å². The summed E-state index contributed by atoms with van der Waals surface area (Å²) in [6, 6.07) is 0. The van der Waals surface area contributed by atoms with E-state index >= 15 is 0 Å². The van der Waals surface area contributed by atoms with E-state index in [4.69, 9.17) is 0 Å². The van der Waals surface area contributed by atoms with Crippen LogP contribution in [0.2, 0.25) is 0 Å². The van der Waals surface area contributed by atoms with Crippen molar-refractivity contribution in [1.82, 2.24) is 0 Å². The maximum atomic E-state index is 4.17. The Bertz CT molecular complexity index is 216. The number of rotatable bonds is 0. The topological polar surface area (TPSA) is 0 Å². The lowest BCUT2D eigenvalue weighted by Gasteiger charge is -2.30. The normalized spacial score (nSPS) is 30.7. The number of hydrogen-bond acceptors (Lipinski definition) is 0. The molecule has 1 saturated carbocycles. The van der Waals surface area contributed by atoms with E-state index in [0.717, 1.165) is 5.92 Å². The minimum atomic E-state index is 0.693. The van der Waals surface area contributed by atoms with Crippen LogP contribution in [0, 0.1) is 11.8 Å². The largest absolute Gasteiger partial charge is 0.0953 e. The van der Waals surface area contributed by atoms with Crippen LogP contribution in [0.5, 0.6) is 0 Å². The van der Waals surface area contributed by atoms with Crippen LogP contribution in [0.1, 0.15) is 40.5 Å². The van der Waals surface area contributed by atoms with E-state index in [9.17, 15) is 0 Å². The van der Waals surface area contributed by atoms with E-state index in [1.165, 1.54) is 29.6 Å². The molecule has 0 N–H and O–H groups in total. The third-order valence-electron chi connectivity index (χ3n) is 2.89. The summed E-state index contributed by atoms with van der Waals surface area (Å²) in [6.45, 7) is 13.2. The molecule has 0 heterocycles. The molecule has 0 radical (unpaired) electrons. The lowest BCUT2D eigenvalue weighted by atomic mass is 9.76. The number of allylic oxidation sites excluding steroid dienone is 3. The van der Waals surface area contributed by atoms with Crippen molar-refractivity contribution in [1.29, 1.82) is 0 Å². The second kappa shape index (κ2) is 3.47. The molecule has 0 saturated heterocycles. The SMILES string of the molecule is C=C1C(=C(C)C)C[C@@H](C)CC1C. The molecular weight excluding hydrogens is 144 g/mol. The molecule has 68 valence electrons. The van der Waals surface area contributed by atoms with Crippen molar-refractivity contribution in [3.63, 3.8) is 0 Å². The summed E-state index contributed by atoms with van der Waals surface area (Å²) in [7, 11) is 0. The van der Waals surface area contributed by atoms with Gasteiger partial charge in [-0.2, -0.15) is 0 Å². The molecule has 2 atom stereocenters. The average Bonchev–Trinajstić information content (AvgIpc) is 1.96. The molecule has 1 rings (SSSR count). The van der Waals surface area contributed by atoms with Crippen molar-refractivity contribution in [3.8, 4) is 0 Å². The second-order valence-corrected chi connectivity index (χ2v) is 4.45. The summed E-state index contributed by atoms with van der Waals surface area (Å²) in [4.78, 5) is 0. The van der Waals surface area contributed by atoms with Crippen LogP contribution in [0.3, 0.4) is 0 Å². The van der Waals surface area contributed by atoms with Gasteiger partial charge >= 0.3 is 0 Å². The van der Waals surface area contributed by atoms with E-state index < -0.39 is 0 Å². The summed E-state index contributed by atoms with van der Waals surface area (Å²) in [6.07, 6.45) is 2.56. The lowest BCUT2D eigenvalue weighted by molar-refractivity contribution is 0.416. The highest BCUT2D eigenvalue weighted by atomic mass is 14.3. The molecule has 0 spiro atoms. The molecule has 0 aromatic heterocycles. The summed E-state index contributed by atoms with van der Waals surface area (Å²) in [5.74, 6) is 1.54. The Hall–Kier alpha value is -0.520. The van der Waals surface area contributed by atoms with E-state index in [0.29, 0.717) is 5.92 Å². The first-order valence-electron chi connectivity index (χ1n) is 4.88. The molecule has 0 bridgehead atoms. The van der Waals surface area contributed by atoms with Gasteiger partial charge in [0, 0.05) is 0 Å². The monoisotopic (exact) mass is 164 g/mol. The quantitative estimate of drug-likeness (QED) is 0.508. The zero-order valence-corrected chi connectivity index (χ0v) is 8.78. The second-order valence-electron chi connectivity index (χ2n) is 4.45. The fourth-order valence-corrected chi connectivity index (χ4v) is 2.13. The predicted molar refractivity (Wildman–Crippen MR) is 55.1 cm³/mol. The molecule has 0 nitrogen and oxygen atoms in total. The van der Waals surface area contributed by atoms with Crippen LogP contribution >= 0.6 is 0 Å². The third-order valence-corrected chi connectivity index (χ3v) is 2.89. The van der Waals surface area contributed by atoms with Crippen molar-refractivity contribution in [2.24, 2.45) is 11.8 Å². The van der Waals surface area contributed by atoms with Gasteiger partial charge in [0.2, 0.25) is 0 Å². The predicted octanol–water partition coefficient (Wildman–Crippen LogP) is 3.95. The van der Waals surface area contributed by atoms with Crippen molar-refractivity contribution in [3.05, 3.63) is 23.3 Å². The highest BCUT2D eigenvalue weighted by molar-refractivity contribution is 5.35. The van der Waals surface area contributed by atoms with Crippen molar-refractivity contribution in [2.75, 3.05) is 0 Å². The molecule has 0 heteroatoms. The molecule has 0 aromatic carbocycles. The van der Waals surface area contributed by atoms with Gasteiger partial charge in [0.05, 0.1) is 0 Å². The van der Waals surface area contributed by atoms with Crippen LogP contribution < -0.4 is 0 Å². The van der Waals surface area contributed by atoms with Gasteiger partial charge in [-0.1, -0.05) is 26.0 Å². The molecule has 0 aromatic rings. The zero-order valence-electron chi connectivity index (χ0n) is 8.78. The Kier molecular flexibility index (Phi) is 2.76. The summed E-state index contributed by atoms with van der Waals surface area (Å²) in [5, 5.41) is 0. The third kappa shape index (κ3) is 1.80. The molecule has 1 unspecified atom stereocenters. The standard InChI is InChI=1S/C12H20/c1-8(2)12-7-9(3)6-10(4)11(12)5/h9-10H,5-7H2,1-4H3/t9-,10?/m0/s1. The van der Waals surface area contributed by atoms with Crippen LogP contribution in [0.15, 0.2) is 23.3 Å². The first-order valence-corrected chi connectivity index (χ1v) is 4.88. The maximum Gasteiger partial charge on any atom is -0.0191 e. The van der Waals surface area contributed by atoms with E-state index in [2.05, 4.69) is 34.3 Å². The smallest absolute Gasteiger partial charge is 0.0191 e. The fourth-order valence-electron chi connectivity index (χ4n) is 2.13. The number of hydrogen-bond donors (Lipinski definition) is 0. The van der Waals surface area contributed by atoms with Crippen molar-refractivity contribution >= 4 is 0 Å². The highest BCUT2D eigenvalue weighted by Crippen LogP contribution is 2.37. The average molecular weight is 164 g/mol. The van der Waals surface area contributed by atoms with Gasteiger partial charge in [0.15, 0.2) is 0 Å². The Morgan fingerprint density at radius 1 is 1.33 bits per heavy atom. The fraction of sp³-hybridized carbons (Fsp3) is 0.667. The lowest BCUT2D eigenvalue weighted by Crippen LogP contribution is -2.16. The minimum absolute atomic E-state index is 0.693. The van der Waals surface area contributed by atoms with Crippen LogP contribution in [0.4, 0.5) is 0 Å². The van der Waals surface area contributed by atoms with E-state index in [1.807, 2.05) is 0 Å². The van der Waals surface area contributed by atoms with Gasteiger partial charge in [-0.25, -0.2) is 0 Å². The summed E-state index contributed by atoms with van der Waals surface area (Å²) in [5.41, 5.74) is 4.37. The van der Waals surface area contributed by atoms with Gasteiger partial charge in [-0.05, 0) is 49.7 Å². The maximum absolute atomic E-state index is 4.17. The Labute approximate surface area is 76.4 Å². The molecule has 1 fully saturated rings. The van der Waals surface area contributed by atoms with Crippen LogP contribution in [-0.2, 0) is 0 Å². The first-order chi connectivity index (χ1) is 5.52. The highest BCUT2D eigenvalue weighted by Gasteiger charge is 2.22. The van der Waals surface area contributed by atoms with Crippen LogP contribution in [0.25, 0.3) is 0 Å². The summed E-state index contributed by atoms with van der Waals surface area (Å²) >= 11 is 0. The van der Waals surface area contributed by atoms with Crippen molar-refractivity contribution < 1.29 is 0 Å². The minimum Gasteiger partial charge on any atom is -0.0953 e. The Morgan fingerprint density at radius 3 is 2.42 bits per heavy atom. The summed E-state index contributed by atoms with van der Waals surface area (Å²) < 4.78 is 0.